The van der Waals surface area contributed by atoms with E-state index in [1.807, 2.05) is 24.3 Å². The Kier molecular flexibility index (Phi) is 7.56. The number of nitrogens with two attached hydrogens (primary N) is 2. The fraction of sp³-hybridized carbons (Fsp3) is 0.222. The largest absolute Gasteiger partial charge is 0.444 e. The van der Waals surface area contributed by atoms with Crippen LogP contribution >= 0.6 is 0 Å². The predicted octanol–water partition coefficient (Wildman–Crippen LogP) is 5.18. The third kappa shape index (κ3) is 6.64. The molecule has 2 aromatic heterocycles. The van der Waals surface area contributed by atoms with Gasteiger partial charge in [-0.1, -0.05) is 30.3 Å². The molecule has 11 nitrogen and oxygen atoms in total. The zero-order valence-corrected chi connectivity index (χ0v) is 21.3. The van der Waals surface area contributed by atoms with Crippen molar-refractivity contribution in [3.05, 3.63) is 72.4 Å². The van der Waals surface area contributed by atoms with Gasteiger partial charge in [-0.15, -0.1) is 10.2 Å². The molecule has 0 aliphatic heterocycles. The topological polar surface area (TPSA) is 170 Å². The molecule has 1 atom stereocenters. The number of nitrogens with one attached hydrogen (secondary N) is 2. The fourth-order valence-corrected chi connectivity index (χ4v) is 3.64. The fourth-order valence-electron chi connectivity index (χ4n) is 3.64. The third-order valence-electron chi connectivity index (χ3n) is 5.34. The van der Waals surface area contributed by atoms with Crippen LogP contribution in [0.5, 0.6) is 5.75 Å². The molecule has 38 heavy (non-hydrogen) atoms. The number of rotatable bonds is 7. The molecule has 0 unspecified atom stereocenters. The summed E-state index contributed by atoms with van der Waals surface area (Å²) in [5.41, 5.74) is 13.1. The van der Waals surface area contributed by atoms with Gasteiger partial charge in [0.1, 0.15) is 28.8 Å². The molecule has 0 bridgehead atoms. The van der Waals surface area contributed by atoms with Crippen molar-refractivity contribution < 1.29 is 19.1 Å². The van der Waals surface area contributed by atoms with Crippen LogP contribution in [0.2, 0.25) is 0 Å². The maximum Gasteiger partial charge on any atom is 0.408 e. The highest BCUT2D eigenvalue weighted by molar-refractivity contribution is 5.87. The van der Waals surface area contributed by atoms with E-state index in [-0.39, 0.29) is 29.5 Å². The molecule has 2 aromatic carbocycles. The molecule has 0 spiro atoms. The first-order valence-electron chi connectivity index (χ1n) is 11.9. The summed E-state index contributed by atoms with van der Waals surface area (Å²) in [6.45, 7) is 5.22. The molecule has 0 saturated heterocycles. The number of nitrogen functional groups attached to an aromatic ring is 2. The Morgan fingerprint density at radius 1 is 1.00 bits per heavy atom. The summed E-state index contributed by atoms with van der Waals surface area (Å²) in [6, 6.07) is 16.4. The molecule has 0 aliphatic carbocycles. The lowest BCUT2D eigenvalue weighted by Crippen LogP contribution is -2.46. The van der Waals surface area contributed by atoms with E-state index in [2.05, 4.69) is 25.5 Å². The Balaban J connectivity index is 1.58. The molecule has 1 amide bonds. The molecule has 0 fully saturated rings. The summed E-state index contributed by atoms with van der Waals surface area (Å²) in [4.78, 5) is 33.1. The number of aromatic nitrogens is 2. The maximum atomic E-state index is 13.4. The lowest BCUT2D eigenvalue weighted by atomic mass is 10.1. The van der Waals surface area contributed by atoms with Crippen molar-refractivity contribution in [2.45, 2.75) is 38.8 Å². The molecule has 4 aromatic rings. The Morgan fingerprint density at radius 2 is 1.71 bits per heavy atom. The van der Waals surface area contributed by atoms with Crippen LogP contribution in [0.4, 0.5) is 27.8 Å². The van der Waals surface area contributed by atoms with Gasteiger partial charge in [0.15, 0.2) is 11.6 Å². The molecular formula is C27H29N7O4. The van der Waals surface area contributed by atoms with E-state index in [1.165, 1.54) is 0 Å². The molecule has 4 rings (SSSR count). The summed E-state index contributed by atoms with van der Waals surface area (Å²) in [5, 5.41) is 11.9. The molecule has 2 heterocycles. The number of esters is 1. The Labute approximate surface area is 219 Å². The maximum absolute atomic E-state index is 13.4. The van der Waals surface area contributed by atoms with Crippen molar-refractivity contribution in [1.29, 1.82) is 0 Å². The minimum absolute atomic E-state index is 0.114. The summed E-state index contributed by atoms with van der Waals surface area (Å²) < 4.78 is 11.1. The minimum atomic E-state index is -1.05. The van der Waals surface area contributed by atoms with Gasteiger partial charge in [-0.05, 0) is 56.7 Å². The highest BCUT2D eigenvalue weighted by Gasteiger charge is 2.28. The lowest BCUT2D eigenvalue weighted by Gasteiger charge is -2.23. The van der Waals surface area contributed by atoms with Gasteiger partial charge in [0.05, 0.1) is 0 Å². The Bertz CT molecular complexity index is 1490. The number of nitrogens with zero attached hydrogens (tertiary/aromatic N) is 3. The average molecular weight is 516 g/mol. The molecule has 6 N–H and O–H groups in total. The first-order valence-corrected chi connectivity index (χ1v) is 11.9. The van der Waals surface area contributed by atoms with Crippen LogP contribution in [0, 0.1) is 0 Å². The Morgan fingerprint density at radius 3 is 2.47 bits per heavy atom. The van der Waals surface area contributed by atoms with E-state index >= 15 is 0 Å². The highest BCUT2D eigenvalue weighted by atomic mass is 16.6. The smallest absolute Gasteiger partial charge is 0.408 e. The normalized spacial score (nSPS) is 12.4. The summed E-state index contributed by atoms with van der Waals surface area (Å²) >= 11 is 0. The van der Waals surface area contributed by atoms with Crippen LogP contribution in [0.15, 0.2) is 77.1 Å². The number of para-hydroxylation sites is 2. The number of ether oxygens (including phenoxy) is 2. The highest BCUT2D eigenvalue weighted by Crippen LogP contribution is 2.31. The standard InChI is InChI=1S/C27H29N7O4/c1-27(2,3)38-26(36)31-21(14-16-15-30-18-9-5-4-8-17(16)18)25(35)37-22-11-7-6-10-19(22)33-34-20-12-13-23(28)32-24(20)29/h4-13,15,21,30H,14H2,1-3H3,(H,31,36)(H4,28,29,32)/t21-/m0/s1. The van der Waals surface area contributed by atoms with Crippen molar-refractivity contribution in [3.63, 3.8) is 0 Å². The van der Waals surface area contributed by atoms with Crippen LogP contribution < -0.4 is 21.5 Å². The van der Waals surface area contributed by atoms with Gasteiger partial charge < -0.3 is 31.2 Å². The number of benzene rings is 2. The molecule has 0 radical (unpaired) electrons. The summed E-state index contributed by atoms with van der Waals surface area (Å²) in [5.74, 6) is -0.173. The number of hydrogen-bond acceptors (Lipinski definition) is 9. The Hall–Kier alpha value is -4.93. The zero-order chi connectivity index (χ0) is 27.3. The van der Waals surface area contributed by atoms with Gasteiger partial charge in [0.2, 0.25) is 0 Å². The second kappa shape index (κ2) is 11.0. The van der Waals surface area contributed by atoms with Crippen molar-refractivity contribution in [3.8, 4) is 5.75 Å². The monoisotopic (exact) mass is 515 g/mol. The number of carbonyl (C=O) groups is 2. The number of fused-ring (bicyclic) bond motifs is 1. The SMILES string of the molecule is CC(C)(C)OC(=O)N[C@@H](Cc1c[nH]c2ccccc12)C(=O)Oc1ccccc1N=Nc1ccc(N)nc1N. The molecule has 11 heteroatoms. The minimum Gasteiger partial charge on any atom is -0.444 e. The van der Waals surface area contributed by atoms with E-state index in [1.54, 1.807) is 63.4 Å². The van der Waals surface area contributed by atoms with Crippen molar-refractivity contribution in [2.75, 3.05) is 11.5 Å². The first-order chi connectivity index (χ1) is 18.1. The van der Waals surface area contributed by atoms with Crippen molar-refractivity contribution >= 4 is 46.0 Å². The van der Waals surface area contributed by atoms with E-state index in [0.29, 0.717) is 5.69 Å². The van der Waals surface area contributed by atoms with Crippen LogP contribution in [0.1, 0.15) is 26.3 Å². The van der Waals surface area contributed by atoms with E-state index in [0.717, 1.165) is 16.5 Å². The van der Waals surface area contributed by atoms with Gasteiger partial charge in [0.25, 0.3) is 0 Å². The molecular weight excluding hydrogens is 486 g/mol. The van der Waals surface area contributed by atoms with Crippen LogP contribution in [-0.2, 0) is 16.0 Å². The van der Waals surface area contributed by atoms with Crippen LogP contribution in [-0.4, -0.2) is 33.7 Å². The van der Waals surface area contributed by atoms with Crippen molar-refractivity contribution in [2.24, 2.45) is 10.2 Å². The zero-order valence-electron chi connectivity index (χ0n) is 21.3. The average Bonchev–Trinajstić information content (AvgIpc) is 3.25. The lowest BCUT2D eigenvalue weighted by molar-refractivity contribution is -0.136. The molecule has 0 aliphatic rings. The van der Waals surface area contributed by atoms with E-state index in [9.17, 15) is 9.59 Å². The summed E-state index contributed by atoms with van der Waals surface area (Å²) in [7, 11) is 0. The third-order valence-corrected chi connectivity index (χ3v) is 5.34. The number of alkyl carbamates (subject to hydrolysis) is 1. The van der Waals surface area contributed by atoms with Gasteiger partial charge in [-0.3, -0.25) is 0 Å². The summed E-state index contributed by atoms with van der Waals surface area (Å²) in [6.07, 6.45) is 1.23. The van der Waals surface area contributed by atoms with Gasteiger partial charge in [-0.25, -0.2) is 14.6 Å². The number of hydrogen-bond donors (Lipinski definition) is 4. The van der Waals surface area contributed by atoms with Gasteiger partial charge >= 0.3 is 12.1 Å². The number of amides is 1. The van der Waals surface area contributed by atoms with E-state index < -0.39 is 23.7 Å². The predicted molar refractivity (Wildman–Crippen MR) is 144 cm³/mol. The first kappa shape index (κ1) is 26.1. The second-order valence-corrected chi connectivity index (χ2v) is 9.49. The van der Waals surface area contributed by atoms with Crippen LogP contribution in [0.25, 0.3) is 10.9 Å². The number of H-pyrrole nitrogens is 1. The molecule has 0 saturated carbocycles. The quantitative estimate of drug-likeness (QED) is 0.149. The molecule has 196 valence electrons. The number of pyridine rings is 1. The van der Waals surface area contributed by atoms with E-state index in [4.69, 9.17) is 20.9 Å². The number of aromatic amines is 1. The van der Waals surface area contributed by atoms with Crippen molar-refractivity contribution in [1.82, 2.24) is 15.3 Å². The van der Waals surface area contributed by atoms with Gasteiger partial charge in [-0.2, -0.15) is 0 Å². The van der Waals surface area contributed by atoms with Crippen LogP contribution in [0.3, 0.4) is 0 Å². The number of carbonyl (C=O) groups excluding carboxylic acids is 2. The second-order valence-electron chi connectivity index (χ2n) is 9.49. The number of anilines is 2. The van der Waals surface area contributed by atoms with Gasteiger partial charge in [0, 0.05) is 23.5 Å². The number of azo groups is 1.